The topological polar surface area (TPSA) is 73.3 Å². The Labute approximate surface area is 178 Å². The second-order valence-corrected chi connectivity index (χ2v) is 7.19. The molecule has 0 aliphatic rings. The second-order valence-electron chi connectivity index (χ2n) is 6.34. The molecule has 2 aromatic heterocycles. The number of amides is 1. The molecule has 4 rings (SSSR count). The van der Waals surface area contributed by atoms with E-state index in [0.29, 0.717) is 17.5 Å². The first-order valence-electron chi connectivity index (χ1n) is 9.33. The highest BCUT2D eigenvalue weighted by Gasteiger charge is 2.09. The Balaban J connectivity index is 1.24. The summed E-state index contributed by atoms with van der Waals surface area (Å²) in [5, 5.41) is 5.11. The maximum absolute atomic E-state index is 12.1. The van der Waals surface area contributed by atoms with Crippen LogP contribution in [0.2, 0.25) is 0 Å². The van der Waals surface area contributed by atoms with Gasteiger partial charge in [-0.3, -0.25) is 15.1 Å². The van der Waals surface area contributed by atoms with Gasteiger partial charge in [-0.2, -0.15) is 0 Å². The fourth-order valence-electron chi connectivity index (χ4n) is 2.64. The predicted molar refractivity (Wildman–Crippen MR) is 117 cm³/mol. The Morgan fingerprint density at radius 3 is 2.33 bits per heavy atom. The number of carbonyl (C=O) groups excluding carboxylic acids is 1. The Hall–Kier alpha value is -3.71. The minimum absolute atomic E-state index is 0.108. The van der Waals surface area contributed by atoms with E-state index in [4.69, 9.17) is 9.47 Å². The predicted octanol–water partition coefficient (Wildman–Crippen LogP) is 4.80. The smallest absolute Gasteiger partial charge is 0.264 e. The van der Waals surface area contributed by atoms with E-state index in [0.717, 1.165) is 22.7 Å². The van der Waals surface area contributed by atoms with Crippen molar-refractivity contribution >= 4 is 22.4 Å². The average Bonchev–Trinajstić information content (AvgIpc) is 3.27. The van der Waals surface area contributed by atoms with E-state index in [1.807, 2.05) is 66.0 Å². The van der Waals surface area contributed by atoms with Crippen LogP contribution in [0.5, 0.6) is 11.5 Å². The second kappa shape index (κ2) is 9.67. The Bertz CT molecular complexity index is 1080. The molecule has 150 valence electrons. The normalized spacial score (nSPS) is 10.4. The van der Waals surface area contributed by atoms with E-state index in [-0.39, 0.29) is 12.5 Å². The van der Waals surface area contributed by atoms with Gasteiger partial charge < -0.3 is 9.47 Å². The van der Waals surface area contributed by atoms with Gasteiger partial charge >= 0.3 is 0 Å². The van der Waals surface area contributed by atoms with E-state index < -0.39 is 0 Å². The van der Waals surface area contributed by atoms with Gasteiger partial charge in [-0.15, -0.1) is 11.3 Å². The van der Waals surface area contributed by atoms with E-state index in [1.54, 1.807) is 18.3 Å². The summed E-state index contributed by atoms with van der Waals surface area (Å²) < 4.78 is 11.3. The van der Waals surface area contributed by atoms with Crippen LogP contribution in [0.1, 0.15) is 5.56 Å². The van der Waals surface area contributed by atoms with Gasteiger partial charge in [-0.05, 0) is 42.0 Å². The van der Waals surface area contributed by atoms with Crippen LogP contribution in [0.15, 0.2) is 84.4 Å². The molecule has 7 heteroatoms. The number of ether oxygens (including phenoxy) is 2. The number of carbonyl (C=O) groups is 1. The zero-order valence-electron chi connectivity index (χ0n) is 16.0. The number of aromatic nitrogens is 2. The fourth-order valence-corrected chi connectivity index (χ4v) is 3.36. The van der Waals surface area contributed by atoms with Gasteiger partial charge in [-0.1, -0.05) is 36.4 Å². The Morgan fingerprint density at radius 1 is 0.867 bits per heavy atom. The standard InChI is InChI=1S/C23H19N3O3S/c27-22(26-23-25-21(16-30-23)20-8-4-5-13-24-20)15-29-19-11-9-18(10-12-19)28-14-17-6-2-1-3-7-17/h1-13,16H,14-15H2,(H,25,26,27). The first kappa shape index (κ1) is 19.6. The third-order valence-corrected chi connectivity index (χ3v) is 4.88. The molecule has 0 aliphatic carbocycles. The molecule has 2 aromatic carbocycles. The van der Waals surface area contributed by atoms with Crippen LogP contribution in [0.3, 0.4) is 0 Å². The van der Waals surface area contributed by atoms with Crippen molar-refractivity contribution in [3.63, 3.8) is 0 Å². The summed E-state index contributed by atoms with van der Waals surface area (Å²) in [6.07, 6.45) is 1.71. The number of anilines is 1. The molecule has 0 radical (unpaired) electrons. The number of nitrogens with one attached hydrogen (secondary N) is 1. The van der Waals surface area contributed by atoms with E-state index in [9.17, 15) is 4.79 Å². The lowest BCUT2D eigenvalue weighted by atomic mass is 10.2. The van der Waals surface area contributed by atoms with Crippen LogP contribution >= 0.6 is 11.3 Å². The highest BCUT2D eigenvalue weighted by atomic mass is 32.1. The molecular formula is C23H19N3O3S. The van der Waals surface area contributed by atoms with Crippen molar-refractivity contribution in [3.8, 4) is 22.9 Å². The number of nitrogens with zero attached hydrogens (tertiary/aromatic N) is 2. The Morgan fingerprint density at radius 2 is 1.60 bits per heavy atom. The summed E-state index contributed by atoms with van der Waals surface area (Å²) in [4.78, 5) is 20.8. The van der Waals surface area contributed by atoms with E-state index >= 15 is 0 Å². The third-order valence-electron chi connectivity index (χ3n) is 4.12. The van der Waals surface area contributed by atoms with Gasteiger partial charge in [0.2, 0.25) is 0 Å². The van der Waals surface area contributed by atoms with Crippen molar-refractivity contribution < 1.29 is 14.3 Å². The lowest BCUT2D eigenvalue weighted by molar-refractivity contribution is -0.118. The zero-order valence-corrected chi connectivity index (χ0v) is 16.8. The number of benzene rings is 2. The highest BCUT2D eigenvalue weighted by Crippen LogP contribution is 2.23. The van der Waals surface area contributed by atoms with Crippen molar-refractivity contribution in [2.45, 2.75) is 6.61 Å². The maximum atomic E-state index is 12.1. The minimum atomic E-state index is -0.277. The number of thiazole rings is 1. The van der Waals surface area contributed by atoms with Crippen molar-refractivity contribution in [2.24, 2.45) is 0 Å². The van der Waals surface area contributed by atoms with Gasteiger partial charge in [-0.25, -0.2) is 4.98 Å². The van der Waals surface area contributed by atoms with Gasteiger partial charge in [0.05, 0.1) is 5.69 Å². The van der Waals surface area contributed by atoms with Crippen LogP contribution in [0.4, 0.5) is 5.13 Å². The summed E-state index contributed by atoms with van der Waals surface area (Å²) in [5.41, 5.74) is 2.59. The van der Waals surface area contributed by atoms with Crippen molar-refractivity contribution in [2.75, 3.05) is 11.9 Å². The molecule has 0 saturated heterocycles. The molecule has 6 nitrogen and oxygen atoms in total. The minimum Gasteiger partial charge on any atom is -0.489 e. The van der Waals surface area contributed by atoms with Crippen molar-refractivity contribution in [1.82, 2.24) is 9.97 Å². The molecule has 0 saturated carbocycles. The summed E-state index contributed by atoms with van der Waals surface area (Å²) in [7, 11) is 0. The van der Waals surface area contributed by atoms with E-state index in [2.05, 4.69) is 15.3 Å². The van der Waals surface area contributed by atoms with E-state index in [1.165, 1.54) is 11.3 Å². The molecule has 1 N–H and O–H groups in total. The first-order chi connectivity index (χ1) is 14.8. The SMILES string of the molecule is O=C(COc1ccc(OCc2ccccc2)cc1)Nc1nc(-c2ccccn2)cs1. The van der Waals surface area contributed by atoms with Crippen molar-refractivity contribution in [3.05, 3.63) is 89.9 Å². The molecule has 0 atom stereocenters. The quantitative estimate of drug-likeness (QED) is 0.446. The maximum Gasteiger partial charge on any atom is 0.264 e. The molecule has 4 aromatic rings. The molecule has 0 fully saturated rings. The lowest BCUT2D eigenvalue weighted by Gasteiger charge is -2.08. The molecule has 0 spiro atoms. The summed E-state index contributed by atoms with van der Waals surface area (Å²) >= 11 is 1.34. The molecule has 2 heterocycles. The molecular weight excluding hydrogens is 398 g/mol. The van der Waals surface area contributed by atoms with Crippen molar-refractivity contribution in [1.29, 1.82) is 0 Å². The zero-order chi connectivity index (χ0) is 20.6. The average molecular weight is 417 g/mol. The van der Waals surface area contributed by atoms with Gasteiger partial charge in [0.1, 0.15) is 23.8 Å². The molecule has 0 unspecified atom stereocenters. The molecule has 0 bridgehead atoms. The van der Waals surface area contributed by atoms with Gasteiger partial charge in [0.25, 0.3) is 5.91 Å². The fraction of sp³-hybridized carbons (Fsp3) is 0.0870. The summed E-state index contributed by atoms with van der Waals surface area (Å²) in [6, 6.07) is 22.7. The highest BCUT2D eigenvalue weighted by molar-refractivity contribution is 7.14. The molecule has 30 heavy (non-hydrogen) atoms. The van der Waals surface area contributed by atoms with Crippen LogP contribution < -0.4 is 14.8 Å². The largest absolute Gasteiger partial charge is 0.489 e. The number of hydrogen-bond donors (Lipinski definition) is 1. The summed E-state index contributed by atoms with van der Waals surface area (Å²) in [6.45, 7) is 0.389. The van der Waals surface area contributed by atoms with Crippen LogP contribution in [0.25, 0.3) is 11.4 Å². The molecule has 1 amide bonds. The Kier molecular flexibility index (Phi) is 6.31. The number of pyridine rings is 1. The van der Waals surface area contributed by atoms with Crippen LogP contribution in [-0.4, -0.2) is 22.5 Å². The van der Waals surface area contributed by atoms with Crippen LogP contribution in [0, 0.1) is 0 Å². The third kappa shape index (κ3) is 5.42. The van der Waals surface area contributed by atoms with Gasteiger partial charge in [0.15, 0.2) is 11.7 Å². The first-order valence-corrected chi connectivity index (χ1v) is 10.2. The number of rotatable bonds is 8. The summed E-state index contributed by atoms with van der Waals surface area (Å²) in [5.74, 6) is 1.05. The monoisotopic (exact) mass is 417 g/mol. The molecule has 0 aliphatic heterocycles. The van der Waals surface area contributed by atoms with Gasteiger partial charge in [0, 0.05) is 11.6 Å². The lowest BCUT2D eigenvalue weighted by Crippen LogP contribution is -2.20. The van der Waals surface area contributed by atoms with Crippen LogP contribution in [-0.2, 0) is 11.4 Å². The number of hydrogen-bond acceptors (Lipinski definition) is 6.